The van der Waals surface area contributed by atoms with Gasteiger partial charge in [0.2, 0.25) is 0 Å². The van der Waals surface area contributed by atoms with Crippen molar-refractivity contribution < 1.29 is 0 Å². The van der Waals surface area contributed by atoms with Crippen molar-refractivity contribution in [2.24, 2.45) is 0 Å². The van der Waals surface area contributed by atoms with Crippen LogP contribution in [-0.2, 0) is 0 Å². The molecule has 11 rings (SSSR count). The molecule has 0 saturated carbocycles. The number of hydrogen-bond donors (Lipinski definition) is 0. The summed E-state index contributed by atoms with van der Waals surface area (Å²) in [6.45, 7) is 0. The van der Waals surface area contributed by atoms with Crippen LogP contribution in [-0.4, -0.2) is 9.55 Å². The summed E-state index contributed by atoms with van der Waals surface area (Å²) in [6.07, 6.45) is 3.73. The average molecular weight is 766 g/mol. The van der Waals surface area contributed by atoms with Crippen molar-refractivity contribution in [2.45, 2.75) is 0 Å². The smallest absolute Gasteiger partial charge is 0.0547 e. The van der Waals surface area contributed by atoms with E-state index in [0.29, 0.717) is 0 Å². The molecule has 0 unspecified atom stereocenters. The summed E-state index contributed by atoms with van der Waals surface area (Å²) in [6, 6.07) is 81.1. The van der Waals surface area contributed by atoms with Gasteiger partial charge in [0.1, 0.15) is 0 Å². The van der Waals surface area contributed by atoms with Crippen LogP contribution in [0.15, 0.2) is 237 Å². The van der Waals surface area contributed by atoms with E-state index in [0.717, 1.165) is 45.0 Å². The minimum atomic E-state index is 1.08. The third kappa shape index (κ3) is 6.39. The summed E-state index contributed by atoms with van der Waals surface area (Å²) in [5.74, 6) is 0. The zero-order chi connectivity index (χ0) is 39.8. The summed E-state index contributed by atoms with van der Waals surface area (Å²) in [5, 5.41) is 4.90. The quantitative estimate of drug-likeness (QED) is 0.154. The SMILES string of the molecule is c1ccc(-c2ccc(-n3c4ccccc4c4ccc(-c5cccc(-c6ccccc6N(c6ccc(-c7cccnc7)cc6)c6ccc7ccccc7c6)c5)cc43)cc2)cc1. The first-order chi connectivity index (χ1) is 29.7. The van der Waals surface area contributed by atoms with Crippen molar-refractivity contribution in [1.29, 1.82) is 0 Å². The van der Waals surface area contributed by atoms with Gasteiger partial charge in [0.05, 0.1) is 16.7 Å². The Morgan fingerprint density at radius 1 is 0.350 bits per heavy atom. The highest BCUT2D eigenvalue weighted by atomic mass is 15.1. The third-order valence-electron chi connectivity index (χ3n) is 11.7. The number of rotatable bonds is 8. The zero-order valence-electron chi connectivity index (χ0n) is 32.9. The first kappa shape index (κ1) is 35.2. The van der Waals surface area contributed by atoms with Crippen LogP contribution < -0.4 is 4.90 Å². The van der Waals surface area contributed by atoms with E-state index in [2.05, 4.69) is 233 Å². The number of hydrogen-bond acceptors (Lipinski definition) is 2. The topological polar surface area (TPSA) is 21.1 Å². The number of aromatic nitrogens is 2. The maximum absolute atomic E-state index is 4.36. The van der Waals surface area contributed by atoms with Crippen LogP contribution in [0.4, 0.5) is 17.1 Å². The molecule has 3 heteroatoms. The molecule has 0 amide bonds. The van der Waals surface area contributed by atoms with E-state index in [1.54, 1.807) is 0 Å². The second-order valence-corrected chi connectivity index (χ2v) is 15.3. The largest absolute Gasteiger partial charge is 0.310 e. The molecule has 2 heterocycles. The molecular formula is C57H39N3. The maximum atomic E-state index is 4.36. The molecule has 0 bridgehead atoms. The van der Waals surface area contributed by atoms with E-state index in [4.69, 9.17) is 0 Å². The highest BCUT2D eigenvalue weighted by molar-refractivity contribution is 6.10. The van der Waals surface area contributed by atoms with Crippen molar-refractivity contribution in [3.05, 3.63) is 237 Å². The Hall–Kier alpha value is -8.01. The second-order valence-electron chi connectivity index (χ2n) is 15.3. The molecule has 3 nitrogen and oxygen atoms in total. The average Bonchev–Trinajstić information content (AvgIpc) is 3.66. The lowest BCUT2D eigenvalue weighted by Gasteiger charge is -2.28. The van der Waals surface area contributed by atoms with Crippen LogP contribution >= 0.6 is 0 Å². The van der Waals surface area contributed by atoms with Crippen LogP contribution in [0, 0.1) is 0 Å². The van der Waals surface area contributed by atoms with Gasteiger partial charge < -0.3 is 9.47 Å². The van der Waals surface area contributed by atoms with Gasteiger partial charge in [-0.25, -0.2) is 0 Å². The number of nitrogens with zero attached hydrogens (tertiary/aromatic N) is 3. The Morgan fingerprint density at radius 2 is 0.967 bits per heavy atom. The van der Waals surface area contributed by atoms with E-state index in [-0.39, 0.29) is 0 Å². The van der Waals surface area contributed by atoms with Gasteiger partial charge in [-0.05, 0) is 116 Å². The summed E-state index contributed by atoms with van der Waals surface area (Å²) >= 11 is 0. The second kappa shape index (κ2) is 15.1. The van der Waals surface area contributed by atoms with E-state index in [1.807, 2.05) is 18.5 Å². The monoisotopic (exact) mass is 765 g/mol. The van der Waals surface area contributed by atoms with Crippen molar-refractivity contribution in [3.8, 4) is 50.2 Å². The molecule has 0 atom stereocenters. The Balaban J connectivity index is 1.02. The van der Waals surface area contributed by atoms with Crippen LogP contribution in [0.3, 0.4) is 0 Å². The molecule has 0 aliphatic carbocycles. The van der Waals surface area contributed by atoms with Gasteiger partial charge >= 0.3 is 0 Å². The molecule has 282 valence electrons. The number of para-hydroxylation sites is 2. The van der Waals surface area contributed by atoms with Crippen LogP contribution in [0.1, 0.15) is 0 Å². The van der Waals surface area contributed by atoms with E-state index in [1.165, 1.54) is 54.8 Å². The van der Waals surface area contributed by atoms with Crippen molar-refractivity contribution >= 4 is 49.6 Å². The van der Waals surface area contributed by atoms with Crippen molar-refractivity contribution in [1.82, 2.24) is 9.55 Å². The molecule has 60 heavy (non-hydrogen) atoms. The summed E-state index contributed by atoms with van der Waals surface area (Å²) in [5.41, 5.74) is 16.1. The summed E-state index contributed by atoms with van der Waals surface area (Å²) in [7, 11) is 0. The number of benzene rings is 9. The fraction of sp³-hybridized carbons (Fsp3) is 0. The molecule has 11 aromatic rings. The third-order valence-corrected chi connectivity index (χ3v) is 11.7. The van der Waals surface area contributed by atoms with Gasteiger partial charge in [-0.15, -0.1) is 0 Å². The maximum Gasteiger partial charge on any atom is 0.0547 e. The highest BCUT2D eigenvalue weighted by Crippen LogP contribution is 2.43. The molecule has 9 aromatic carbocycles. The lowest BCUT2D eigenvalue weighted by molar-refractivity contribution is 1.18. The van der Waals surface area contributed by atoms with E-state index in [9.17, 15) is 0 Å². The van der Waals surface area contributed by atoms with Gasteiger partial charge in [-0.2, -0.15) is 0 Å². The fourth-order valence-electron chi connectivity index (χ4n) is 8.72. The van der Waals surface area contributed by atoms with Gasteiger partial charge in [-0.3, -0.25) is 4.98 Å². The molecule has 0 aliphatic rings. The first-order valence-electron chi connectivity index (χ1n) is 20.4. The summed E-state index contributed by atoms with van der Waals surface area (Å²) < 4.78 is 2.41. The molecule has 0 radical (unpaired) electrons. The van der Waals surface area contributed by atoms with Gasteiger partial charge in [0, 0.05) is 45.8 Å². The molecule has 0 spiro atoms. The molecule has 0 fully saturated rings. The zero-order valence-corrected chi connectivity index (χ0v) is 32.9. The predicted molar refractivity (Wildman–Crippen MR) is 253 cm³/mol. The first-order valence-corrected chi connectivity index (χ1v) is 20.4. The number of fused-ring (bicyclic) bond motifs is 4. The van der Waals surface area contributed by atoms with Crippen molar-refractivity contribution in [3.63, 3.8) is 0 Å². The van der Waals surface area contributed by atoms with Crippen LogP contribution in [0.2, 0.25) is 0 Å². The normalized spacial score (nSPS) is 11.3. The summed E-state index contributed by atoms with van der Waals surface area (Å²) in [4.78, 5) is 6.74. The van der Waals surface area contributed by atoms with Gasteiger partial charge in [0.25, 0.3) is 0 Å². The van der Waals surface area contributed by atoms with Crippen LogP contribution in [0.25, 0.3) is 82.8 Å². The molecule has 0 N–H and O–H groups in total. The van der Waals surface area contributed by atoms with E-state index < -0.39 is 0 Å². The Labute approximate surface area is 349 Å². The molecule has 2 aromatic heterocycles. The Bertz CT molecular complexity index is 3290. The predicted octanol–water partition coefficient (Wildman–Crippen LogP) is 15.5. The van der Waals surface area contributed by atoms with Gasteiger partial charge in [0.15, 0.2) is 0 Å². The molecule has 0 saturated heterocycles. The lowest BCUT2D eigenvalue weighted by atomic mass is 9.96. The molecular weight excluding hydrogens is 727 g/mol. The standard InChI is InChI=1S/C57H39N3/c1-2-12-40(13-3-1)42-23-31-50(32-24-42)60-56-22-9-7-20-53(56)54-34-28-46(38-57(54)60)44-16-10-17-47(36-44)52-19-6-8-21-55(52)59(51-33-27-41-14-4-5-15-45(41)37-51)49-29-25-43(26-30-49)48-18-11-35-58-39-48/h1-39H. The highest BCUT2D eigenvalue weighted by Gasteiger charge is 2.19. The van der Waals surface area contributed by atoms with E-state index >= 15 is 0 Å². The lowest BCUT2D eigenvalue weighted by Crippen LogP contribution is -2.11. The van der Waals surface area contributed by atoms with Crippen LogP contribution in [0.5, 0.6) is 0 Å². The minimum Gasteiger partial charge on any atom is -0.310 e. The fourth-order valence-corrected chi connectivity index (χ4v) is 8.72. The minimum absolute atomic E-state index is 1.08. The van der Waals surface area contributed by atoms with Crippen molar-refractivity contribution in [2.75, 3.05) is 4.90 Å². The Kier molecular flexibility index (Phi) is 8.83. The molecule has 0 aliphatic heterocycles. The Morgan fingerprint density at radius 3 is 1.82 bits per heavy atom. The number of anilines is 3. The number of pyridine rings is 1. The van der Waals surface area contributed by atoms with Gasteiger partial charge in [-0.1, -0.05) is 158 Å².